The number of rotatable bonds is 4. The fourth-order valence-corrected chi connectivity index (χ4v) is 1.86. The number of aromatic nitrogens is 1. The summed E-state index contributed by atoms with van der Waals surface area (Å²) in [7, 11) is 0. The topological polar surface area (TPSA) is 103 Å². The standard InChI is InChI=1S/C11H7Cl2FN4O3/c12-6-4-7(13)11(16-10(6)17-15)21-9-2-1-5(18(19)20)3-8(9)14/h1-4H,15H2,(H,16,17). The van der Waals surface area contributed by atoms with Gasteiger partial charge in [-0.1, -0.05) is 23.2 Å². The van der Waals surface area contributed by atoms with Crippen LogP contribution in [-0.4, -0.2) is 9.91 Å². The minimum Gasteiger partial charge on any atom is -0.434 e. The van der Waals surface area contributed by atoms with E-state index in [4.69, 9.17) is 33.8 Å². The SMILES string of the molecule is NNc1nc(Oc2ccc([N+](=O)[O-])cc2F)c(Cl)cc1Cl. The number of halogens is 3. The quantitative estimate of drug-likeness (QED) is 0.504. The number of nitro groups is 1. The second-order valence-electron chi connectivity index (χ2n) is 3.72. The largest absolute Gasteiger partial charge is 0.434 e. The van der Waals surface area contributed by atoms with Crippen LogP contribution < -0.4 is 16.0 Å². The predicted octanol–water partition coefficient (Wildman–Crippen LogP) is 3.51. The molecule has 0 radical (unpaired) electrons. The van der Waals surface area contributed by atoms with Crippen molar-refractivity contribution in [2.75, 3.05) is 5.43 Å². The van der Waals surface area contributed by atoms with E-state index >= 15 is 0 Å². The molecule has 0 spiro atoms. The Morgan fingerprint density at radius 1 is 1.33 bits per heavy atom. The molecule has 1 aromatic carbocycles. The molecule has 7 nitrogen and oxygen atoms in total. The Hall–Kier alpha value is -2.16. The number of ether oxygens (including phenoxy) is 1. The molecule has 2 rings (SSSR count). The van der Waals surface area contributed by atoms with Crippen molar-refractivity contribution in [2.24, 2.45) is 5.84 Å². The Bertz CT molecular complexity index is 714. The van der Waals surface area contributed by atoms with E-state index in [1.165, 1.54) is 6.07 Å². The van der Waals surface area contributed by atoms with E-state index in [1.54, 1.807) is 0 Å². The lowest BCUT2D eigenvalue weighted by Crippen LogP contribution is -2.09. The zero-order chi connectivity index (χ0) is 15.6. The maximum Gasteiger partial charge on any atom is 0.272 e. The van der Waals surface area contributed by atoms with Crippen LogP contribution in [0.2, 0.25) is 10.0 Å². The summed E-state index contributed by atoms with van der Waals surface area (Å²) in [6.07, 6.45) is 0. The number of nitrogens with one attached hydrogen (secondary N) is 1. The Labute approximate surface area is 127 Å². The molecule has 0 aliphatic heterocycles. The van der Waals surface area contributed by atoms with Crippen LogP contribution in [0, 0.1) is 15.9 Å². The number of benzene rings is 1. The lowest BCUT2D eigenvalue weighted by molar-refractivity contribution is -0.385. The van der Waals surface area contributed by atoms with Gasteiger partial charge in [0.15, 0.2) is 17.4 Å². The summed E-state index contributed by atoms with van der Waals surface area (Å²) in [6, 6.07) is 4.21. The molecule has 0 unspecified atom stereocenters. The van der Waals surface area contributed by atoms with E-state index in [2.05, 4.69) is 10.4 Å². The van der Waals surface area contributed by atoms with Gasteiger partial charge in [0.05, 0.1) is 16.0 Å². The Morgan fingerprint density at radius 2 is 2.05 bits per heavy atom. The van der Waals surface area contributed by atoms with Crippen LogP contribution in [0.25, 0.3) is 0 Å². The van der Waals surface area contributed by atoms with E-state index in [0.717, 1.165) is 18.2 Å². The lowest BCUT2D eigenvalue weighted by atomic mass is 10.3. The highest BCUT2D eigenvalue weighted by atomic mass is 35.5. The summed E-state index contributed by atoms with van der Waals surface area (Å²) < 4.78 is 18.9. The Kier molecular flexibility index (Phi) is 4.41. The minimum absolute atomic E-state index is 0.0248. The zero-order valence-electron chi connectivity index (χ0n) is 10.1. The van der Waals surface area contributed by atoms with Crippen LogP contribution >= 0.6 is 23.2 Å². The van der Waals surface area contributed by atoms with Gasteiger partial charge in [0.25, 0.3) is 5.69 Å². The smallest absolute Gasteiger partial charge is 0.272 e. The first-order valence-corrected chi connectivity index (χ1v) is 6.12. The summed E-state index contributed by atoms with van der Waals surface area (Å²) in [5, 5.41) is 10.7. The molecule has 0 aliphatic carbocycles. The molecule has 10 heteroatoms. The average molecular weight is 333 g/mol. The van der Waals surface area contributed by atoms with Crippen LogP contribution in [0.5, 0.6) is 11.6 Å². The first-order chi connectivity index (χ1) is 9.92. The van der Waals surface area contributed by atoms with E-state index in [-0.39, 0.29) is 27.5 Å². The number of hydrogen-bond acceptors (Lipinski definition) is 6. The van der Waals surface area contributed by atoms with Crippen molar-refractivity contribution in [1.29, 1.82) is 0 Å². The fraction of sp³-hybridized carbons (Fsp3) is 0. The van der Waals surface area contributed by atoms with E-state index in [9.17, 15) is 14.5 Å². The third kappa shape index (κ3) is 3.30. The highest BCUT2D eigenvalue weighted by Gasteiger charge is 2.15. The zero-order valence-corrected chi connectivity index (χ0v) is 11.7. The van der Waals surface area contributed by atoms with Crippen molar-refractivity contribution in [2.45, 2.75) is 0 Å². The van der Waals surface area contributed by atoms with E-state index in [0.29, 0.717) is 0 Å². The molecular formula is C11H7Cl2FN4O3. The normalized spacial score (nSPS) is 10.3. The third-order valence-electron chi connectivity index (χ3n) is 2.37. The summed E-state index contributed by atoms with van der Waals surface area (Å²) >= 11 is 11.7. The first-order valence-electron chi connectivity index (χ1n) is 5.37. The number of nitrogens with two attached hydrogens (primary N) is 1. The van der Waals surface area contributed by atoms with Gasteiger partial charge in [-0.3, -0.25) is 10.1 Å². The van der Waals surface area contributed by atoms with Crippen molar-refractivity contribution >= 4 is 34.7 Å². The molecule has 1 heterocycles. The second kappa shape index (κ2) is 6.08. The molecule has 0 saturated heterocycles. The summed E-state index contributed by atoms with van der Waals surface area (Å²) in [6.45, 7) is 0. The number of nitrogen functional groups attached to an aromatic ring is 1. The number of nitro benzene ring substituents is 1. The summed E-state index contributed by atoms with van der Waals surface area (Å²) in [5.41, 5.74) is 1.82. The van der Waals surface area contributed by atoms with E-state index < -0.39 is 16.4 Å². The molecule has 110 valence electrons. The molecule has 21 heavy (non-hydrogen) atoms. The molecule has 3 N–H and O–H groups in total. The maximum atomic E-state index is 13.7. The molecule has 0 aliphatic rings. The number of pyridine rings is 1. The Morgan fingerprint density at radius 3 is 2.62 bits per heavy atom. The second-order valence-corrected chi connectivity index (χ2v) is 4.54. The van der Waals surface area contributed by atoms with Crippen LogP contribution in [0.4, 0.5) is 15.9 Å². The maximum absolute atomic E-state index is 13.7. The van der Waals surface area contributed by atoms with Gasteiger partial charge in [0.1, 0.15) is 5.02 Å². The number of anilines is 1. The summed E-state index contributed by atoms with van der Waals surface area (Å²) in [4.78, 5) is 13.7. The Balaban J connectivity index is 2.36. The van der Waals surface area contributed by atoms with Gasteiger partial charge in [-0.15, -0.1) is 0 Å². The molecule has 0 bridgehead atoms. The molecule has 0 fully saturated rings. The number of non-ortho nitro benzene ring substituents is 1. The van der Waals surface area contributed by atoms with E-state index in [1.807, 2.05) is 0 Å². The predicted molar refractivity (Wildman–Crippen MR) is 75.2 cm³/mol. The lowest BCUT2D eigenvalue weighted by Gasteiger charge is -2.10. The van der Waals surface area contributed by atoms with Gasteiger partial charge in [-0.2, -0.15) is 4.98 Å². The van der Waals surface area contributed by atoms with Gasteiger partial charge < -0.3 is 10.2 Å². The van der Waals surface area contributed by atoms with Gasteiger partial charge in [0.2, 0.25) is 5.88 Å². The number of hydrogen-bond donors (Lipinski definition) is 2. The van der Waals surface area contributed by atoms with Crippen molar-refractivity contribution in [3.8, 4) is 11.6 Å². The minimum atomic E-state index is -0.931. The first kappa shape index (κ1) is 15.2. The van der Waals surface area contributed by atoms with Gasteiger partial charge in [-0.05, 0) is 12.1 Å². The summed E-state index contributed by atoms with van der Waals surface area (Å²) in [5.74, 6) is 3.92. The van der Waals surface area contributed by atoms with Crippen molar-refractivity contribution in [3.63, 3.8) is 0 Å². The fourth-order valence-electron chi connectivity index (χ4n) is 1.41. The number of hydrazine groups is 1. The third-order valence-corrected chi connectivity index (χ3v) is 2.93. The van der Waals surface area contributed by atoms with Gasteiger partial charge in [-0.25, -0.2) is 10.2 Å². The molecule has 0 saturated carbocycles. The number of nitrogens with zero attached hydrogens (tertiary/aromatic N) is 2. The van der Waals surface area contributed by atoms with Gasteiger partial charge in [0, 0.05) is 6.07 Å². The van der Waals surface area contributed by atoms with Crippen molar-refractivity contribution in [1.82, 2.24) is 4.98 Å². The monoisotopic (exact) mass is 332 g/mol. The molecule has 2 aromatic rings. The molecule has 0 atom stereocenters. The van der Waals surface area contributed by atoms with Crippen molar-refractivity contribution in [3.05, 3.63) is 50.2 Å². The highest BCUT2D eigenvalue weighted by molar-refractivity contribution is 6.36. The van der Waals surface area contributed by atoms with Crippen LogP contribution in [0.3, 0.4) is 0 Å². The highest BCUT2D eigenvalue weighted by Crippen LogP contribution is 2.34. The van der Waals surface area contributed by atoms with Crippen molar-refractivity contribution < 1.29 is 14.1 Å². The van der Waals surface area contributed by atoms with Crippen LogP contribution in [-0.2, 0) is 0 Å². The van der Waals surface area contributed by atoms with Crippen LogP contribution in [0.15, 0.2) is 24.3 Å². The molecular weight excluding hydrogens is 326 g/mol. The van der Waals surface area contributed by atoms with Crippen LogP contribution in [0.1, 0.15) is 0 Å². The average Bonchev–Trinajstić information content (AvgIpc) is 2.43. The molecule has 0 amide bonds. The van der Waals surface area contributed by atoms with Gasteiger partial charge >= 0.3 is 0 Å². The molecule has 1 aromatic heterocycles.